The predicted molar refractivity (Wildman–Crippen MR) is 93.4 cm³/mol. The Kier molecular flexibility index (Phi) is 5.51. The van der Waals surface area contributed by atoms with Crippen LogP contribution in [0.1, 0.15) is 28.5 Å². The largest absolute Gasteiger partial charge is 0.507 e. The average Bonchev–Trinajstić information content (AvgIpc) is 2.53. The van der Waals surface area contributed by atoms with E-state index in [4.69, 9.17) is 4.84 Å². The number of hydrogen-bond acceptors (Lipinski definition) is 5. The highest BCUT2D eigenvalue weighted by Gasteiger charge is 2.14. The number of ketones is 1. The molecule has 2 N–H and O–H groups in total. The molecule has 1 amide bonds. The van der Waals surface area contributed by atoms with Gasteiger partial charge >= 0.3 is 0 Å². The highest BCUT2D eigenvalue weighted by molar-refractivity contribution is 6.08. The molecule has 0 unspecified atom stereocenters. The Labute approximate surface area is 144 Å². The van der Waals surface area contributed by atoms with Crippen LogP contribution in [0.5, 0.6) is 5.75 Å². The molecule has 0 spiro atoms. The molecule has 2 rings (SSSR count). The molecule has 0 aliphatic carbocycles. The number of hydrogen-bond donors (Lipinski definition) is 2. The van der Waals surface area contributed by atoms with Crippen LogP contribution in [-0.2, 0) is 9.63 Å². The standard InChI is InChI=1S/C18H18N2O5/c1-11-10-16(23)17(18(24)19-11)15(22)9-6-13-4-7-14(8-5-13)20(25-3)12(2)21/h4-10H,1-3H3,(H2,19,23,24)/b9-6+. The van der Waals surface area contributed by atoms with Crippen LogP contribution in [0.4, 0.5) is 5.69 Å². The number of aromatic hydroxyl groups is 1. The molecular formula is C18H18N2O5. The summed E-state index contributed by atoms with van der Waals surface area (Å²) in [6.45, 7) is 2.98. The second-order valence-electron chi connectivity index (χ2n) is 5.33. The zero-order valence-electron chi connectivity index (χ0n) is 14.1. The quantitative estimate of drug-likeness (QED) is 0.493. The topological polar surface area (TPSA) is 99.7 Å². The predicted octanol–water partition coefficient (Wildman–Crippen LogP) is 2.20. The van der Waals surface area contributed by atoms with Gasteiger partial charge in [0.1, 0.15) is 11.3 Å². The molecule has 2 aromatic rings. The van der Waals surface area contributed by atoms with Crippen molar-refractivity contribution in [2.24, 2.45) is 0 Å². The minimum absolute atomic E-state index is 0.268. The smallest absolute Gasteiger partial charge is 0.263 e. The molecule has 0 saturated heterocycles. The first-order valence-electron chi connectivity index (χ1n) is 7.43. The van der Waals surface area contributed by atoms with Crippen LogP contribution in [0.25, 0.3) is 6.08 Å². The number of amides is 1. The zero-order chi connectivity index (χ0) is 18.6. The van der Waals surface area contributed by atoms with E-state index in [0.29, 0.717) is 16.9 Å². The number of rotatable bonds is 5. The lowest BCUT2D eigenvalue weighted by atomic mass is 10.1. The summed E-state index contributed by atoms with van der Waals surface area (Å²) in [5.74, 6) is -1.23. The van der Waals surface area contributed by atoms with Crippen molar-refractivity contribution in [1.29, 1.82) is 0 Å². The first kappa shape index (κ1) is 18.2. The van der Waals surface area contributed by atoms with Gasteiger partial charge in [0.2, 0.25) is 5.91 Å². The molecule has 0 atom stereocenters. The first-order valence-corrected chi connectivity index (χ1v) is 7.43. The number of carbonyl (C=O) groups is 2. The number of aromatic nitrogens is 1. The van der Waals surface area contributed by atoms with Crippen molar-refractivity contribution >= 4 is 23.5 Å². The average molecular weight is 342 g/mol. The number of hydroxylamine groups is 1. The molecule has 0 saturated carbocycles. The lowest BCUT2D eigenvalue weighted by Crippen LogP contribution is -2.26. The van der Waals surface area contributed by atoms with Crippen LogP contribution in [0.15, 0.2) is 41.2 Å². The highest BCUT2D eigenvalue weighted by atomic mass is 16.7. The van der Waals surface area contributed by atoms with Gasteiger partial charge < -0.3 is 10.1 Å². The maximum Gasteiger partial charge on any atom is 0.263 e. The molecule has 1 aromatic carbocycles. The molecule has 130 valence electrons. The molecule has 1 heterocycles. The highest BCUT2D eigenvalue weighted by Crippen LogP contribution is 2.18. The van der Waals surface area contributed by atoms with Gasteiger partial charge in [-0.3, -0.25) is 19.2 Å². The number of pyridine rings is 1. The monoisotopic (exact) mass is 342 g/mol. The van der Waals surface area contributed by atoms with E-state index in [1.807, 2.05) is 0 Å². The molecule has 25 heavy (non-hydrogen) atoms. The third-order valence-electron chi connectivity index (χ3n) is 3.42. The molecule has 0 fully saturated rings. The van der Waals surface area contributed by atoms with E-state index in [9.17, 15) is 19.5 Å². The number of nitrogens with zero attached hydrogens (tertiary/aromatic N) is 1. The fraction of sp³-hybridized carbons (Fsp3) is 0.167. The fourth-order valence-corrected chi connectivity index (χ4v) is 2.30. The van der Waals surface area contributed by atoms with E-state index in [2.05, 4.69) is 4.98 Å². The lowest BCUT2D eigenvalue weighted by Gasteiger charge is -2.17. The van der Waals surface area contributed by atoms with E-state index in [0.717, 1.165) is 5.06 Å². The summed E-state index contributed by atoms with van der Waals surface area (Å²) in [7, 11) is 1.39. The lowest BCUT2D eigenvalue weighted by molar-refractivity contribution is -0.122. The minimum atomic E-state index is -0.639. The van der Waals surface area contributed by atoms with Crippen molar-refractivity contribution in [2.75, 3.05) is 12.2 Å². The Balaban J connectivity index is 2.21. The maximum atomic E-state index is 12.1. The number of anilines is 1. The third-order valence-corrected chi connectivity index (χ3v) is 3.42. The molecule has 0 bridgehead atoms. The molecule has 0 aliphatic heterocycles. The number of carbonyl (C=O) groups excluding carboxylic acids is 2. The summed E-state index contributed by atoms with van der Waals surface area (Å²) < 4.78 is 0. The van der Waals surface area contributed by atoms with Gasteiger partial charge in [-0.15, -0.1) is 0 Å². The maximum absolute atomic E-state index is 12.1. The SMILES string of the molecule is CON(C(C)=O)c1ccc(/C=C/C(=O)c2c(O)cc(C)[nH]c2=O)cc1. The molecule has 0 aliphatic rings. The van der Waals surface area contributed by atoms with E-state index < -0.39 is 11.3 Å². The van der Waals surface area contributed by atoms with Crippen molar-refractivity contribution in [2.45, 2.75) is 13.8 Å². The fourth-order valence-electron chi connectivity index (χ4n) is 2.30. The van der Waals surface area contributed by atoms with Gasteiger partial charge in [0.15, 0.2) is 5.78 Å². The van der Waals surface area contributed by atoms with Gasteiger partial charge in [-0.25, -0.2) is 0 Å². The van der Waals surface area contributed by atoms with Gasteiger partial charge in [0, 0.05) is 12.6 Å². The van der Waals surface area contributed by atoms with Crippen LogP contribution in [0.3, 0.4) is 0 Å². The van der Waals surface area contributed by atoms with Crippen LogP contribution < -0.4 is 10.6 Å². The summed E-state index contributed by atoms with van der Waals surface area (Å²) in [5.41, 5.74) is 0.748. The van der Waals surface area contributed by atoms with Crippen molar-refractivity contribution in [3.05, 3.63) is 63.6 Å². The van der Waals surface area contributed by atoms with Gasteiger partial charge in [-0.1, -0.05) is 18.2 Å². The minimum Gasteiger partial charge on any atom is -0.507 e. The number of aromatic amines is 1. The second kappa shape index (κ2) is 7.59. The Morgan fingerprint density at radius 3 is 2.40 bits per heavy atom. The number of H-pyrrole nitrogens is 1. The van der Waals surface area contributed by atoms with Crippen LogP contribution in [-0.4, -0.2) is 28.9 Å². The van der Waals surface area contributed by atoms with E-state index >= 15 is 0 Å². The van der Waals surface area contributed by atoms with Crippen molar-refractivity contribution < 1.29 is 19.5 Å². The van der Waals surface area contributed by atoms with Crippen molar-refractivity contribution in [3.63, 3.8) is 0 Å². The second-order valence-corrected chi connectivity index (χ2v) is 5.33. The number of allylic oxidation sites excluding steroid dienone is 1. The Morgan fingerprint density at radius 2 is 1.88 bits per heavy atom. The van der Waals surface area contributed by atoms with E-state index in [-0.39, 0.29) is 17.2 Å². The number of benzene rings is 1. The Bertz CT molecular complexity index is 881. The Morgan fingerprint density at radius 1 is 1.24 bits per heavy atom. The molecular weight excluding hydrogens is 324 g/mol. The summed E-state index contributed by atoms with van der Waals surface area (Å²) in [5, 5.41) is 10.9. The summed E-state index contributed by atoms with van der Waals surface area (Å²) in [6, 6.07) is 8.01. The van der Waals surface area contributed by atoms with Gasteiger partial charge in [-0.2, -0.15) is 5.06 Å². The van der Waals surface area contributed by atoms with Gasteiger partial charge in [-0.05, 0) is 36.8 Å². The molecule has 0 radical (unpaired) electrons. The summed E-state index contributed by atoms with van der Waals surface area (Å²) in [4.78, 5) is 42.8. The van der Waals surface area contributed by atoms with E-state index in [1.54, 1.807) is 31.2 Å². The van der Waals surface area contributed by atoms with Crippen LogP contribution in [0, 0.1) is 6.92 Å². The van der Waals surface area contributed by atoms with Gasteiger partial charge in [0.25, 0.3) is 5.56 Å². The molecule has 7 nitrogen and oxygen atoms in total. The number of nitrogens with one attached hydrogen (secondary N) is 1. The molecule has 1 aromatic heterocycles. The van der Waals surface area contributed by atoms with Crippen LogP contribution in [0.2, 0.25) is 0 Å². The van der Waals surface area contributed by atoms with Crippen LogP contribution >= 0.6 is 0 Å². The molecule has 7 heteroatoms. The number of aryl methyl sites for hydroxylation is 1. The van der Waals surface area contributed by atoms with E-state index in [1.165, 1.54) is 32.3 Å². The summed E-state index contributed by atoms with van der Waals surface area (Å²) in [6.07, 6.45) is 2.71. The van der Waals surface area contributed by atoms with Crippen molar-refractivity contribution in [1.82, 2.24) is 4.98 Å². The van der Waals surface area contributed by atoms with Gasteiger partial charge in [0.05, 0.1) is 12.8 Å². The van der Waals surface area contributed by atoms with Crippen molar-refractivity contribution in [3.8, 4) is 5.75 Å². The first-order chi connectivity index (χ1) is 11.8. The third kappa shape index (κ3) is 4.21. The Hall–Kier alpha value is -3.19. The zero-order valence-corrected chi connectivity index (χ0v) is 14.1. The normalized spacial score (nSPS) is 10.8. The summed E-state index contributed by atoms with van der Waals surface area (Å²) >= 11 is 0.